The molecule has 1 aliphatic rings. The van der Waals surface area contributed by atoms with Gasteiger partial charge < -0.3 is 0 Å². The molecule has 1 atom stereocenters. The molecule has 124 valence electrons. The largest absolute Gasteiger partial charge is 0.274 e. The molecular weight excluding hydrogens is 352 g/mol. The molecule has 6 nitrogen and oxygen atoms in total. The van der Waals surface area contributed by atoms with Gasteiger partial charge in [-0.05, 0) is 23.8 Å². The van der Waals surface area contributed by atoms with E-state index in [0.29, 0.717) is 0 Å². The van der Waals surface area contributed by atoms with E-state index in [1.807, 2.05) is 6.07 Å². The number of carbonyl (C=O) groups excluding carboxylic acids is 2. The van der Waals surface area contributed by atoms with Gasteiger partial charge in [0.1, 0.15) is 0 Å². The van der Waals surface area contributed by atoms with Crippen molar-refractivity contribution in [3.63, 3.8) is 0 Å². The number of sulfonamides is 1. The Bertz CT molecular complexity index is 928. The topological polar surface area (TPSA) is 97.5 Å². The van der Waals surface area contributed by atoms with Gasteiger partial charge >= 0.3 is 0 Å². The highest BCUT2D eigenvalue weighted by molar-refractivity contribution is 7.89. The summed E-state index contributed by atoms with van der Waals surface area (Å²) in [6, 6.07) is 12.6. The Morgan fingerprint density at radius 1 is 1.08 bits per heavy atom. The highest BCUT2D eigenvalue weighted by Gasteiger charge is 2.41. The number of rotatable bonds is 3. The molecule has 0 unspecified atom stereocenters. The van der Waals surface area contributed by atoms with E-state index in [1.165, 1.54) is 12.1 Å². The van der Waals surface area contributed by atoms with Gasteiger partial charge in [0.2, 0.25) is 21.8 Å². The zero-order valence-corrected chi connectivity index (χ0v) is 13.9. The fraction of sp³-hybridized carbons (Fsp3) is 0.125. The normalized spacial score (nSPS) is 18.2. The van der Waals surface area contributed by atoms with E-state index in [1.54, 1.807) is 24.3 Å². The molecule has 2 aromatic carbocycles. The predicted octanol–water partition coefficient (Wildman–Crippen LogP) is 2.03. The molecule has 2 aromatic rings. The third kappa shape index (κ3) is 2.93. The third-order valence-corrected chi connectivity index (χ3v) is 5.05. The first-order valence-electron chi connectivity index (χ1n) is 7.03. The summed E-state index contributed by atoms with van der Waals surface area (Å²) in [4.78, 5) is 25.8. The van der Waals surface area contributed by atoms with Crippen molar-refractivity contribution in [2.45, 2.75) is 17.2 Å². The molecule has 0 aromatic heterocycles. The maximum Gasteiger partial charge on any atom is 0.241 e. The standard InChI is InChI=1S/C16H13ClN2O4S/c17-13-8-11(24(18,22)23)6-7-14(13)19-15(20)9-12(16(19)21)10-4-2-1-3-5-10/h1-8,12H,9H2,(H2,18,22,23)/t12-/m1/s1. The monoisotopic (exact) mass is 364 g/mol. The number of primary sulfonamides is 1. The average molecular weight is 365 g/mol. The number of nitrogens with zero attached hydrogens (tertiary/aromatic N) is 1. The van der Waals surface area contributed by atoms with Crippen LogP contribution in [0.2, 0.25) is 5.02 Å². The quantitative estimate of drug-likeness (QED) is 0.842. The lowest BCUT2D eigenvalue weighted by Gasteiger charge is -2.17. The van der Waals surface area contributed by atoms with Crippen LogP contribution in [-0.2, 0) is 19.6 Å². The van der Waals surface area contributed by atoms with Gasteiger partial charge in [-0.3, -0.25) is 9.59 Å². The van der Waals surface area contributed by atoms with Crippen LogP contribution >= 0.6 is 11.6 Å². The lowest BCUT2D eigenvalue weighted by molar-refractivity contribution is -0.121. The van der Waals surface area contributed by atoms with Crippen molar-refractivity contribution in [1.29, 1.82) is 0 Å². The molecule has 2 amide bonds. The van der Waals surface area contributed by atoms with E-state index in [2.05, 4.69) is 0 Å². The number of imide groups is 1. The lowest BCUT2D eigenvalue weighted by Crippen LogP contribution is -2.30. The Kier molecular flexibility index (Phi) is 4.16. The van der Waals surface area contributed by atoms with Crippen molar-refractivity contribution in [2.24, 2.45) is 5.14 Å². The van der Waals surface area contributed by atoms with Crippen LogP contribution in [0.15, 0.2) is 53.4 Å². The molecule has 2 N–H and O–H groups in total. The minimum atomic E-state index is -3.92. The summed E-state index contributed by atoms with van der Waals surface area (Å²) in [5.74, 6) is -1.36. The highest BCUT2D eigenvalue weighted by atomic mass is 35.5. The number of carbonyl (C=O) groups is 2. The van der Waals surface area contributed by atoms with Crippen LogP contribution in [0.25, 0.3) is 0 Å². The fourth-order valence-electron chi connectivity index (χ4n) is 2.68. The summed E-state index contributed by atoms with van der Waals surface area (Å²) >= 11 is 6.07. The van der Waals surface area contributed by atoms with Crippen LogP contribution in [0.1, 0.15) is 17.9 Å². The van der Waals surface area contributed by atoms with E-state index in [0.717, 1.165) is 16.5 Å². The summed E-state index contributed by atoms with van der Waals surface area (Å²) in [6.07, 6.45) is 0.0378. The maximum absolute atomic E-state index is 12.7. The van der Waals surface area contributed by atoms with Gasteiger partial charge in [-0.1, -0.05) is 41.9 Å². The van der Waals surface area contributed by atoms with Gasteiger partial charge in [-0.2, -0.15) is 0 Å². The van der Waals surface area contributed by atoms with Gasteiger partial charge in [0.05, 0.1) is 21.5 Å². The molecular formula is C16H13ClN2O4S. The second-order valence-electron chi connectivity index (χ2n) is 5.39. The molecule has 3 rings (SSSR count). The summed E-state index contributed by atoms with van der Waals surface area (Å²) in [5.41, 5.74) is 0.896. The first kappa shape index (κ1) is 16.6. The number of halogens is 1. The summed E-state index contributed by atoms with van der Waals surface area (Å²) in [6.45, 7) is 0. The van der Waals surface area contributed by atoms with Crippen molar-refractivity contribution in [2.75, 3.05) is 4.90 Å². The van der Waals surface area contributed by atoms with Gasteiger partial charge in [0.15, 0.2) is 0 Å². The van der Waals surface area contributed by atoms with Crippen molar-refractivity contribution >= 4 is 39.1 Å². The third-order valence-electron chi connectivity index (χ3n) is 3.84. The lowest BCUT2D eigenvalue weighted by atomic mass is 9.98. The molecule has 0 bridgehead atoms. The highest BCUT2D eigenvalue weighted by Crippen LogP contribution is 2.37. The minimum absolute atomic E-state index is 0.0306. The molecule has 0 radical (unpaired) electrons. The Labute approximate surface area is 143 Å². The second-order valence-corrected chi connectivity index (χ2v) is 7.36. The number of benzene rings is 2. The number of nitrogens with two attached hydrogens (primary N) is 1. The summed E-state index contributed by atoms with van der Waals surface area (Å²) in [5, 5.41) is 5.02. The van der Waals surface area contributed by atoms with Gasteiger partial charge in [0.25, 0.3) is 0 Å². The Morgan fingerprint density at radius 3 is 2.33 bits per heavy atom. The number of amides is 2. The van der Waals surface area contributed by atoms with Crippen molar-refractivity contribution < 1.29 is 18.0 Å². The minimum Gasteiger partial charge on any atom is -0.274 e. The van der Waals surface area contributed by atoms with Crippen molar-refractivity contribution in [3.05, 3.63) is 59.1 Å². The first-order chi connectivity index (χ1) is 11.3. The molecule has 1 fully saturated rings. The molecule has 0 saturated carbocycles. The smallest absolute Gasteiger partial charge is 0.241 e. The molecule has 0 aliphatic carbocycles. The van der Waals surface area contributed by atoms with Gasteiger partial charge in [-0.15, -0.1) is 0 Å². The molecule has 1 saturated heterocycles. The van der Waals surface area contributed by atoms with E-state index in [9.17, 15) is 18.0 Å². The van der Waals surface area contributed by atoms with E-state index in [4.69, 9.17) is 16.7 Å². The number of hydrogen-bond donors (Lipinski definition) is 1. The molecule has 1 heterocycles. The van der Waals surface area contributed by atoms with E-state index < -0.39 is 21.8 Å². The first-order valence-corrected chi connectivity index (χ1v) is 8.95. The molecule has 24 heavy (non-hydrogen) atoms. The zero-order chi connectivity index (χ0) is 17.5. The van der Waals surface area contributed by atoms with Crippen molar-refractivity contribution in [1.82, 2.24) is 0 Å². The second kappa shape index (κ2) is 6.01. The number of hydrogen-bond acceptors (Lipinski definition) is 4. The van der Waals surface area contributed by atoms with Crippen LogP contribution in [0.3, 0.4) is 0 Å². The van der Waals surface area contributed by atoms with Crippen LogP contribution in [-0.4, -0.2) is 20.2 Å². The summed E-state index contributed by atoms with van der Waals surface area (Å²) in [7, 11) is -3.92. The SMILES string of the molecule is NS(=O)(=O)c1ccc(N2C(=O)C[C@H](c3ccccc3)C2=O)c(Cl)c1. The Hall–Kier alpha value is -2.22. The Morgan fingerprint density at radius 2 is 1.75 bits per heavy atom. The van der Waals surface area contributed by atoms with Crippen molar-refractivity contribution in [3.8, 4) is 0 Å². The molecule has 0 spiro atoms. The van der Waals surface area contributed by atoms with Gasteiger partial charge in [-0.25, -0.2) is 18.5 Å². The molecule has 8 heteroatoms. The van der Waals surface area contributed by atoms with Crippen LogP contribution in [0.4, 0.5) is 5.69 Å². The van der Waals surface area contributed by atoms with Crippen LogP contribution < -0.4 is 10.0 Å². The number of anilines is 1. The van der Waals surface area contributed by atoms with Crippen LogP contribution in [0, 0.1) is 0 Å². The van der Waals surface area contributed by atoms with E-state index >= 15 is 0 Å². The predicted molar refractivity (Wildman–Crippen MR) is 89.1 cm³/mol. The van der Waals surface area contributed by atoms with E-state index in [-0.39, 0.29) is 27.9 Å². The van der Waals surface area contributed by atoms with Crippen LogP contribution in [0.5, 0.6) is 0 Å². The maximum atomic E-state index is 12.7. The fourth-order valence-corrected chi connectivity index (χ4v) is 3.55. The molecule has 1 aliphatic heterocycles. The zero-order valence-electron chi connectivity index (χ0n) is 12.3. The van der Waals surface area contributed by atoms with Gasteiger partial charge in [0, 0.05) is 6.42 Å². The average Bonchev–Trinajstić information content (AvgIpc) is 2.82. The Balaban J connectivity index is 1.98. The summed E-state index contributed by atoms with van der Waals surface area (Å²) < 4.78 is 22.7.